The molecule has 2 unspecified atom stereocenters. The fourth-order valence-electron chi connectivity index (χ4n) is 1.78. The first-order chi connectivity index (χ1) is 4.37. The zero-order valence-electron chi connectivity index (χ0n) is 5.56. The highest BCUT2D eigenvalue weighted by molar-refractivity contribution is 5.16. The molecule has 0 N–H and O–H groups in total. The monoisotopic (exact) mass is 119 g/mol. The van der Waals surface area contributed by atoms with E-state index in [0.717, 1.165) is 5.92 Å². The van der Waals surface area contributed by atoms with Gasteiger partial charge in [-0.3, -0.25) is 0 Å². The Labute approximate surface area is 56.3 Å². The Morgan fingerprint density at radius 2 is 2.44 bits per heavy atom. The third-order valence-electron chi connectivity index (χ3n) is 2.65. The Morgan fingerprint density at radius 3 is 3.00 bits per heavy atom. The van der Waals surface area contributed by atoms with Gasteiger partial charge >= 0.3 is 0 Å². The van der Waals surface area contributed by atoms with Gasteiger partial charge in [0.1, 0.15) is 0 Å². The molecule has 2 rings (SSSR count). The van der Waals surface area contributed by atoms with Gasteiger partial charge in [0, 0.05) is 5.41 Å². The zero-order chi connectivity index (χ0) is 6.32. The first-order valence-corrected chi connectivity index (χ1v) is 3.57. The van der Waals surface area contributed by atoms with Crippen molar-refractivity contribution in [2.24, 2.45) is 11.3 Å². The van der Waals surface area contributed by atoms with Gasteiger partial charge in [-0.25, -0.2) is 0 Å². The molecule has 2 aliphatic carbocycles. The van der Waals surface area contributed by atoms with Crippen molar-refractivity contribution in [3.05, 3.63) is 24.8 Å². The van der Waals surface area contributed by atoms with Gasteiger partial charge in [0.2, 0.25) is 0 Å². The summed E-state index contributed by atoms with van der Waals surface area (Å²) in [7, 11) is 0. The summed E-state index contributed by atoms with van der Waals surface area (Å²) in [5.41, 5.74) is 0.439. The lowest BCUT2D eigenvalue weighted by Gasteiger charge is -2.10. The second-order valence-electron chi connectivity index (χ2n) is 3.15. The van der Waals surface area contributed by atoms with Crippen LogP contribution in [-0.4, -0.2) is 0 Å². The number of hydrogen-bond acceptors (Lipinski definition) is 0. The van der Waals surface area contributed by atoms with E-state index in [2.05, 4.69) is 24.8 Å². The minimum absolute atomic E-state index is 0.439. The molecule has 0 saturated heterocycles. The summed E-state index contributed by atoms with van der Waals surface area (Å²) in [6.07, 6.45) is 11.5. The van der Waals surface area contributed by atoms with Gasteiger partial charge in [0.15, 0.2) is 0 Å². The largest absolute Gasteiger partial charge is 0.0950 e. The molecule has 0 spiro atoms. The first-order valence-electron chi connectivity index (χ1n) is 3.57. The van der Waals surface area contributed by atoms with Crippen LogP contribution >= 0.6 is 0 Å². The van der Waals surface area contributed by atoms with Crippen molar-refractivity contribution < 1.29 is 0 Å². The zero-order valence-corrected chi connectivity index (χ0v) is 5.56. The highest BCUT2D eigenvalue weighted by Gasteiger charge is 2.51. The van der Waals surface area contributed by atoms with Crippen molar-refractivity contribution >= 4 is 0 Å². The van der Waals surface area contributed by atoms with E-state index < -0.39 is 0 Å². The van der Waals surface area contributed by atoms with Crippen molar-refractivity contribution in [2.45, 2.75) is 19.3 Å². The summed E-state index contributed by atoms with van der Waals surface area (Å²) in [4.78, 5) is 0. The van der Waals surface area contributed by atoms with E-state index in [9.17, 15) is 0 Å². The highest BCUT2D eigenvalue weighted by atomic mass is 14.5. The van der Waals surface area contributed by atoms with Crippen molar-refractivity contribution in [3.63, 3.8) is 0 Å². The van der Waals surface area contributed by atoms with Crippen LogP contribution in [0.25, 0.3) is 0 Å². The van der Waals surface area contributed by atoms with E-state index in [1.807, 2.05) is 0 Å². The lowest BCUT2D eigenvalue weighted by atomic mass is 9.94. The van der Waals surface area contributed by atoms with Gasteiger partial charge in [-0.2, -0.15) is 0 Å². The minimum Gasteiger partial charge on any atom is -0.0950 e. The SMILES string of the molecule is C=[C]C12CC=CCC1C2. The summed E-state index contributed by atoms with van der Waals surface area (Å²) in [5, 5.41) is 0. The summed E-state index contributed by atoms with van der Waals surface area (Å²) in [6, 6.07) is 0. The van der Waals surface area contributed by atoms with Crippen LogP contribution in [0, 0.1) is 17.4 Å². The maximum absolute atomic E-state index is 3.74. The highest BCUT2D eigenvalue weighted by Crippen LogP contribution is 2.59. The second kappa shape index (κ2) is 1.50. The molecule has 0 aromatic heterocycles. The van der Waals surface area contributed by atoms with Gasteiger partial charge in [-0.15, -0.1) is 0 Å². The molecule has 0 nitrogen and oxygen atoms in total. The molecule has 47 valence electrons. The van der Waals surface area contributed by atoms with Crippen LogP contribution in [0.5, 0.6) is 0 Å². The van der Waals surface area contributed by atoms with E-state index >= 15 is 0 Å². The average molecular weight is 119 g/mol. The molecule has 2 aliphatic rings. The van der Waals surface area contributed by atoms with Crippen LogP contribution in [0.4, 0.5) is 0 Å². The van der Waals surface area contributed by atoms with E-state index in [1.165, 1.54) is 19.3 Å². The average Bonchev–Trinajstić information content (AvgIpc) is 2.62. The molecule has 0 aromatic rings. The number of allylic oxidation sites excluding steroid dienone is 3. The minimum atomic E-state index is 0.439. The van der Waals surface area contributed by atoms with Gasteiger partial charge < -0.3 is 0 Å². The molecule has 9 heavy (non-hydrogen) atoms. The van der Waals surface area contributed by atoms with Crippen LogP contribution in [0.3, 0.4) is 0 Å². The maximum atomic E-state index is 3.74. The number of hydrogen-bond donors (Lipinski definition) is 0. The van der Waals surface area contributed by atoms with Gasteiger partial charge in [-0.1, -0.05) is 18.7 Å². The van der Waals surface area contributed by atoms with E-state index in [4.69, 9.17) is 0 Å². The van der Waals surface area contributed by atoms with Crippen molar-refractivity contribution in [1.29, 1.82) is 0 Å². The fourth-order valence-corrected chi connectivity index (χ4v) is 1.78. The summed E-state index contributed by atoms with van der Waals surface area (Å²) in [5.74, 6) is 0.903. The number of rotatable bonds is 1. The van der Waals surface area contributed by atoms with Gasteiger partial charge in [0.25, 0.3) is 0 Å². The molecule has 1 radical (unpaired) electrons. The predicted molar refractivity (Wildman–Crippen MR) is 37.8 cm³/mol. The molecular weight excluding hydrogens is 108 g/mol. The van der Waals surface area contributed by atoms with Crippen molar-refractivity contribution in [2.75, 3.05) is 0 Å². The van der Waals surface area contributed by atoms with Crippen molar-refractivity contribution in [1.82, 2.24) is 0 Å². The Hall–Kier alpha value is -0.520. The smallest absolute Gasteiger partial charge is 0.00189 e. The Balaban J connectivity index is 2.19. The third-order valence-corrected chi connectivity index (χ3v) is 2.65. The maximum Gasteiger partial charge on any atom is 0.00189 e. The quantitative estimate of drug-likeness (QED) is 0.465. The van der Waals surface area contributed by atoms with Crippen molar-refractivity contribution in [3.8, 4) is 0 Å². The van der Waals surface area contributed by atoms with Crippen LogP contribution in [0.2, 0.25) is 0 Å². The Bertz CT molecular complexity index is 167. The topological polar surface area (TPSA) is 0 Å². The lowest BCUT2D eigenvalue weighted by molar-refractivity contribution is 0.543. The molecule has 0 aromatic carbocycles. The lowest BCUT2D eigenvalue weighted by Crippen LogP contribution is -2.01. The molecule has 0 heterocycles. The molecule has 0 heteroatoms. The molecule has 0 aliphatic heterocycles. The van der Waals surface area contributed by atoms with Crippen LogP contribution in [0.15, 0.2) is 18.7 Å². The van der Waals surface area contributed by atoms with Gasteiger partial charge in [0.05, 0.1) is 0 Å². The number of fused-ring (bicyclic) bond motifs is 1. The molecule has 1 saturated carbocycles. The van der Waals surface area contributed by atoms with Crippen LogP contribution in [0.1, 0.15) is 19.3 Å². The predicted octanol–water partition coefficient (Wildman–Crippen LogP) is 2.33. The molecule has 0 amide bonds. The molecule has 2 atom stereocenters. The normalized spacial score (nSPS) is 46.0. The first kappa shape index (κ1) is 5.28. The molecule has 1 fully saturated rings. The van der Waals surface area contributed by atoms with E-state index in [1.54, 1.807) is 0 Å². The molecule has 0 bridgehead atoms. The Morgan fingerprint density at radius 1 is 1.56 bits per heavy atom. The van der Waals surface area contributed by atoms with E-state index in [0.29, 0.717) is 5.41 Å². The van der Waals surface area contributed by atoms with E-state index in [-0.39, 0.29) is 0 Å². The standard InChI is InChI=1S/C9H11/c1-2-9-6-4-3-5-8(9)7-9/h3-4,8H,1,5-7H2. The fraction of sp³-hybridized carbons (Fsp3) is 0.556. The summed E-state index contributed by atoms with van der Waals surface area (Å²) < 4.78 is 0. The Kier molecular flexibility index (Phi) is 0.879. The molecular formula is C9H11. The van der Waals surface area contributed by atoms with Gasteiger partial charge in [-0.05, 0) is 31.3 Å². The van der Waals surface area contributed by atoms with Crippen LogP contribution < -0.4 is 0 Å². The second-order valence-corrected chi connectivity index (χ2v) is 3.15. The third kappa shape index (κ3) is 0.592. The van der Waals surface area contributed by atoms with Crippen LogP contribution in [-0.2, 0) is 0 Å². The summed E-state index contributed by atoms with van der Waals surface area (Å²) in [6.45, 7) is 3.74. The summed E-state index contributed by atoms with van der Waals surface area (Å²) >= 11 is 0.